The number of aliphatic hydroxyl groups excluding tert-OH is 1. The zero-order valence-electron chi connectivity index (χ0n) is 11.4. The van der Waals surface area contributed by atoms with Gasteiger partial charge >= 0.3 is 0 Å². The summed E-state index contributed by atoms with van der Waals surface area (Å²) >= 11 is 0. The van der Waals surface area contributed by atoms with E-state index < -0.39 is 23.6 Å². The van der Waals surface area contributed by atoms with Crippen molar-refractivity contribution in [3.8, 4) is 11.5 Å². The summed E-state index contributed by atoms with van der Waals surface area (Å²) in [6.07, 6.45) is -1.37. The van der Waals surface area contributed by atoms with Crippen molar-refractivity contribution < 1.29 is 27.8 Å². The standard InChI is InChI=1S/C15H13F3O3/c1-20-9-3-4-10(13(7-9)21-2)15(19)8-5-11(16)14(18)12(17)6-8/h3-7,15,19H,1-2H3. The van der Waals surface area contributed by atoms with Gasteiger partial charge in [-0.15, -0.1) is 0 Å². The molecule has 1 N–H and O–H groups in total. The minimum atomic E-state index is -1.58. The molecular formula is C15H13F3O3. The molecule has 112 valence electrons. The Kier molecular flexibility index (Phi) is 4.37. The van der Waals surface area contributed by atoms with Crippen molar-refractivity contribution in [2.75, 3.05) is 14.2 Å². The lowest BCUT2D eigenvalue weighted by Gasteiger charge is -2.16. The molecule has 2 aromatic rings. The van der Waals surface area contributed by atoms with Gasteiger partial charge in [-0.2, -0.15) is 0 Å². The lowest BCUT2D eigenvalue weighted by Crippen LogP contribution is -2.05. The lowest BCUT2D eigenvalue weighted by molar-refractivity contribution is 0.213. The summed E-state index contributed by atoms with van der Waals surface area (Å²) in [6, 6.07) is 6.08. The van der Waals surface area contributed by atoms with Gasteiger partial charge in [0.15, 0.2) is 17.5 Å². The highest BCUT2D eigenvalue weighted by molar-refractivity contribution is 5.45. The minimum absolute atomic E-state index is 0.116. The van der Waals surface area contributed by atoms with Gasteiger partial charge in [0.25, 0.3) is 0 Å². The number of halogens is 3. The number of aliphatic hydroxyl groups is 1. The van der Waals surface area contributed by atoms with Crippen LogP contribution in [0.3, 0.4) is 0 Å². The molecule has 0 aliphatic carbocycles. The van der Waals surface area contributed by atoms with E-state index in [4.69, 9.17) is 9.47 Å². The summed E-state index contributed by atoms with van der Waals surface area (Å²) in [5.74, 6) is -3.52. The first-order valence-corrected chi connectivity index (χ1v) is 6.02. The van der Waals surface area contributed by atoms with Gasteiger partial charge in [-0.05, 0) is 29.8 Å². The molecule has 1 unspecified atom stereocenters. The number of hydrogen-bond donors (Lipinski definition) is 1. The van der Waals surface area contributed by atoms with Crippen LogP contribution in [-0.4, -0.2) is 19.3 Å². The molecule has 3 nitrogen and oxygen atoms in total. The molecule has 0 saturated heterocycles. The van der Waals surface area contributed by atoms with Crippen LogP contribution < -0.4 is 9.47 Å². The van der Waals surface area contributed by atoms with Crippen molar-refractivity contribution in [1.82, 2.24) is 0 Å². The second-order valence-corrected chi connectivity index (χ2v) is 4.31. The Morgan fingerprint density at radius 1 is 0.952 bits per heavy atom. The number of methoxy groups -OCH3 is 2. The van der Waals surface area contributed by atoms with E-state index >= 15 is 0 Å². The maximum absolute atomic E-state index is 13.2. The Balaban J connectivity index is 2.47. The summed E-state index contributed by atoms with van der Waals surface area (Å²) in [4.78, 5) is 0. The van der Waals surface area contributed by atoms with Crippen LogP contribution in [0.1, 0.15) is 17.2 Å². The van der Waals surface area contributed by atoms with Crippen LogP contribution in [0.15, 0.2) is 30.3 Å². The SMILES string of the molecule is COc1ccc(C(O)c2cc(F)c(F)c(F)c2)c(OC)c1. The fraction of sp³-hybridized carbons (Fsp3) is 0.200. The number of benzene rings is 2. The first-order valence-electron chi connectivity index (χ1n) is 6.02. The smallest absolute Gasteiger partial charge is 0.194 e. The van der Waals surface area contributed by atoms with Gasteiger partial charge in [0.1, 0.15) is 17.6 Å². The Morgan fingerprint density at radius 3 is 2.10 bits per heavy atom. The molecule has 0 bridgehead atoms. The Hall–Kier alpha value is -2.21. The maximum Gasteiger partial charge on any atom is 0.194 e. The average molecular weight is 298 g/mol. The molecule has 0 fully saturated rings. The Bertz CT molecular complexity index is 636. The average Bonchev–Trinajstić information content (AvgIpc) is 2.50. The highest BCUT2D eigenvalue weighted by Crippen LogP contribution is 2.33. The normalized spacial score (nSPS) is 12.1. The van der Waals surface area contributed by atoms with Crippen LogP contribution in [0.5, 0.6) is 11.5 Å². The zero-order valence-corrected chi connectivity index (χ0v) is 11.4. The van der Waals surface area contributed by atoms with E-state index in [0.717, 1.165) is 12.1 Å². The predicted octanol–water partition coefficient (Wildman–Crippen LogP) is 3.20. The predicted molar refractivity (Wildman–Crippen MR) is 69.9 cm³/mol. The summed E-state index contributed by atoms with van der Waals surface area (Å²) < 4.78 is 49.6. The van der Waals surface area contributed by atoms with E-state index in [1.165, 1.54) is 26.4 Å². The molecule has 6 heteroatoms. The van der Waals surface area contributed by atoms with Crippen LogP contribution >= 0.6 is 0 Å². The van der Waals surface area contributed by atoms with Gasteiger partial charge in [-0.3, -0.25) is 0 Å². The van der Waals surface area contributed by atoms with Gasteiger partial charge in [-0.1, -0.05) is 0 Å². The van der Waals surface area contributed by atoms with Gasteiger partial charge in [0.05, 0.1) is 14.2 Å². The molecule has 0 amide bonds. The molecule has 0 aliphatic rings. The van der Waals surface area contributed by atoms with E-state index in [1.807, 2.05) is 0 Å². The summed E-state index contributed by atoms with van der Waals surface area (Å²) in [6.45, 7) is 0. The second kappa shape index (κ2) is 6.05. The highest BCUT2D eigenvalue weighted by Gasteiger charge is 2.20. The van der Waals surface area contributed by atoms with Gasteiger partial charge in [0, 0.05) is 11.6 Å². The second-order valence-electron chi connectivity index (χ2n) is 4.31. The number of ether oxygens (including phenoxy) is 2. The quantitative estimate of drug-likeness (QED) is 0.881. The monoisotopic (exact) mass is 298 g/mol. The van der Waals surface area contributed by atoms with E-state index in [9.17, 15) is 18.3 Å². The molecule has 0 saturated carbocycles. The fourth-order valence-corrected chi connectivity index (χ4v) is 1.96. The van der Waals surface area contributed by atoms with Crippen molar-refractivity contribution in [2.45, 2.75) is 6.10 Å². The number of hydrogen-bond acceptors (Lipinski definition) is 3. The van der Waals surface area contributed by atoms with E-state index in [1.54, 1.807) is 6.07 Å². The zero-order chi connectivity index (χ0) is 15.6. The first-order chi connectivity index (χ1) is 9.97. The largest absolute Gasteiger partial charge is 0.497 e. The van der Waals surface area contributed by atoms with Crippen molar-refractivity contribution in [1.29, 1.82) is 0 Å². The third-order valence-corrected chi connectivity index (χ3v) is 3.06. The molecule has 1 atom stereocenters. The van der Waals surface area contributed by atoms with Crippen LogP contribution in [0.2, 0.25) is 0 Å². The molecule has 2 aromatic carbocycles. The molecular weight excluding hydrogens is 285 g/mol. The van der Waals surface area contributed by atoms with E-state index in [0.29, 0.717) is 5.75 Å². The summed E-state index contributed by atoms with van der Waals surface area (Å²) in [7, 11) is 2.85. The number of rotatable bonds is 4. The highest BCUT2D eigenvalue weighted by atomic mass is 19.2. The molecule has 0 spiro atoms. The van der Waals surface area contributed by atoms with Gasteiger partial charge in [-0.25, -0.2) is 13.2 Å². The maximum atomic E-state index is 13.2. The molecule has 0 aromatic heterocycles. The van der Waals surface area contributed by atoms with Gasteiger partial charge in [0.2, 0.25) is 0 Å². The van der Waals surface area contributed by atoms with Crippen LogP contribution in [0.25, 0.3) is 0 Å². The molecule has 21 heavy (non-hydrogen) atoms. The third-order valence-electron chi connectivity index (χ3n) is 3.06. The Morgan fingerprint density at radius 2 is 1.57 bits per heavy atom. The molecule has 2 rings (SSSR count). The van der Waals surface area contributed by atoms with Crippen LogP contribution in [0, 0.1) is 17.5 Å². The summed E-state index contributed by atoms with van der Waals surface area (Å²) in [5.41, 5.74) is 0.165. The fourth-order valence-electron chi connectivity index (χ4n) is 1.96. The van der Waals surface area contributed by atoms with E-state index in [2.05, 4.69) is 0 Å². The van der Waals surface area contributed by atoms with E-state index in [-0.39, 0.29) is 16.9 Å². The van der Waals surface area contributed by atoms with Crippen LogP contribution in [-0.2, 0) is 0 Å². The molecule has 0 radical (unpaired) electrons. The Labute approximate surface area is 119 Å². The molecule has 0 aliphatic heterocycles. The first kappa shape index (κ1) is 15.2. The van der Waals surface area contributed by atoms with Crippen molar-refractivity contribution >= 4 is 0 Å². The van der Waals surface area contributed by atoms with Crippen LogP contribution in [0.4, 0.5) is 13.2 Å². The van der Waals surface area contributed by atoms with Gasteiger partial charge < -0.3 is 14.6 Å². The molecule has 0 heterocycles. The summed E-state index contributed by atoms with van der Waals surface area (Å²) in [5, 5.41) is 10.2. The van der Waals surface area contributed by atoms with Crippen molar-refractivity contribution in [2.24, 2.45) is 0 Å². The van der Waals surface area contributed by atoms with Crippen molar-refractivity contribution in [3.63, 3.8) is 0 Å². The lowest BCUT2D eigenvalue weighted by atomic mass is 10.00. The topological polar surface area (TPSA) is 38.7 Å². The van der Waals surface area contributed by atoms with Crippen molar-refractivity contribution in [3.05, 3.63) is 58.9 Å². The minimum Gasteiger partial charge on any atom is -0.497 e. The third kappa shape index (κ3) is 2.95.